The molecule has 2 nitrogen and oxygen atoms in total. The molecule has 3 atom stereocenters. The number of piperazine rings is 1. The van der Waals surface area contributed by atoms with Crippen molar-refractivity contribution >= 4 is 0 Å². The first-order chi connectivity index (χ1) is 9.75. The Labute approximate surface area is 126 Å². The van der Waals surface area contributed by atoms with Gasteiger partial charge in [0.2, 0.25) is 0 Å². The lowest BCUT2D eigenvalue weighted by molar-refractivity contribution is -0.137. The fourth-order valence-corrected chi connectivity index (χ4v) is 3.62. The molecular weight excluding hydrogens is 277 g/mol. The average Bonchev–Trinajstić information content (AvgIpc) is 3.21. The number of hydrogen-bond acceptors (Lipinski definition) is 2. The Balaban J connectivity index is 1.95. The average molecular weight is 306 g/mol. The van der Waals surface area contributed by atoms with Crippen molar-refractivity contribution in [3.63, 3.8) is 0 Å². The first-order valence-electron chi connectivity index (χ1n) is 8.31. The zero-order chi connectivity index (χ0) is 15.7. The lowest BCUT2D eigenvalue weighted by Crippen LogP contribution is -2.65. The van der Waals surface area contributed by atoms with Crippen LogP contribution >= 0.6 is 0 Å². The number of halogens is 3. The molecule has 1 saturated heterocycles. The van der Waals surface area contributed by atoms with Crippen LogP contribution in [0.4, 0.5) is 13.2 Å². The third kappa shape index (κ3) is 4.59. The highest BCUT2D eigenvalue weighted by Crippen LogP contribution is 2.42. The van der Waals surface area contributed by atoms with Crippen LogP contribution in [-0.2, 0) is 0 Å². The molecule has 5 heteroatoms. The molecule has 0 bridgehead atoms. The summed E-state index contributed by atoms with van der Waals surface area (Å²) in [5.41, 5.74) is 0.0994. The second-order valence-electron chi connectivity index (χ2n) is 7.21. The van der Waals surface area contributed by atoms with Gasteiger partial charge in [-0.15, -0.1) is 0 Å². The molecular formula is C16H29F3N2. The first kappa shape index (κ1) is 17.1. The third-order valence-corrected chi connectivity index (χ3v) is 5.40. The van der Waals surface area contributed by atoms with Crippen LogP contribution in [0.2, 0.25) is 0 Å². The van der Waals surface area contributed by atoms with Crippen LogP contribution in [0.15, 0.2) is 0 Å². The molecule has 0 aromatic heterocycles. The molecule has 3 unspecified atom stereocenters. The molecule has 124 valence electrons. The van der Waals surface area contributed by atoms with Gasteiger partial charge in [-0.3, -0.25) is 4.90 Å². The van der Waals surface area contributed by atoms with Gasteiger partial charge in [-0.2, -0.15) is 13.2 Å². The van der Waals surface area contributed by atoms with Crippen molar-refractivity contribution in [2.75, 3.05) is 19.6 Å². The maximum absolute atomic E-state index is 12.4. The maximum Gasteiger partial charge on any atom is 0.389 e. The van der Waals surface area contributed by atoms with Crippen molar-refractivity contribution < 1.29 is 13.2 Å². The summed E-state index contributed by atoms with van der Waals surface area (Å²) in [6.07, 6.45) is -0.884. The topological polar surface area (TPSA) is 15.3 Å². The molecule has 1 aliphatic heterocycles. The van der Waals surface area contributed by atoms with Gasteiger partial charge in [0.05, 0.1) is 0 Å². The van der Waals surface area contributed by atoms with E-state index in [2.05, 4.69) is 31.0 Å². The fraction of sp³-hybridized carbons (Fsp3) is 1.00. The van der Waals surface area contributed by atoms with Crippen molar-refractivity contribution in [3.05, 3.63) is 0 Å². The van der Waals surface area contributed by atoms with Crippen LogP contribution in [0.3, 0.4) is 0 Å². The molecule has 0 aromatic carbocycles. The molecule has 0 spiro atoms. The highest BCUT2D eigenvalue weighted by atomic mass is 19.4. The van der Waals surface area contributed by atoms with E-state index in [9.17, 15) is 13.2 Å². The molecule has 2 rings (SSSR count). The lowest BCUT2D eigenvalue weighted by atomic mass is 9.86. The van der Waals surface area contributed by atoms with E-state index in [-0.39, 0.29) is 12.0 Å². The Morgan fingerprint density at radius 1 is 1.33 bits per heavy atom. The highest BCUT2D eigenvalue weighted by Gasteiger charge is 2.46. The lowest BCUT2D eigenvalue weighted by Gasteiger charge is -2.48. The van der Waals surface area contributed by atoms with Crippen LogP contribution < -0.4 is 5.32 Å². The third-order valence-electron chi connectivity index (χ3n) is 5.40. The Kier molecular flexibility index (Phi) is 5.24. The quantitative estimate of drug-likeness (QED) is 0.802. The summed E-state index contributed by atoms with van der Waals surface area (Å²) < 4.78 is 37.2. The first-order valence-corrected chi connectivity index (χ1v) is 8.31. The van der Waals surface area contributed by atoms with Gasteiger partial charge < -0.3 is 5.32 Å². The van der Waals surface area contributed by atoms with Gasteiger partial charge in [-0.1, -0.05) is 20.3 Å². The predicted octanol–water partition coefficient (Wildman–Crippen LogP) is 3.82. The van der Waals surface area contributed by atoms with Gasteiger partial charge in [0, 0.05) is 31.1 Å². The Morgan fingerprint density at radius 3 is 2.52 bits per heavy atom. The number of alkyl halides is 3. The smallest absolute Gasteiger partial charge is 0.308 e. The maximum atomic E-state index is 12.4. The second-order valence-corrected chi connectivity index (χ2v) is 7.21. The van der Waals surface area contributed by atoms with Crippen LogP contribution in [0.5, 0.6) is 0 Å². The zero-order valence-corrected chi connectivity index (χ0v) is 13.5. The summed E-state index contributed by atoms with van der Waals surface area (Å²) in [6.45, 7) is 8.99. The van der Waals surface area contributed by atoms with E-state index >= 15 is 0 Å². The summed E-state index contributed by atoms with van der Waals surface area (Å²) in [5, 5.41) is 3.70. The normalized spacial score (nSPS) is 33.1. The standard InChI is InChI=1S/C16H29F3N2/c1-4-12(2)14-10-20-15(3,13-6-7-13)11-21(14)9-5-8-16(17,18)19/h12-14,20H,4-11H2,1-3H3. The summed E-state index contributed by atoms with van der Waals surface area (Å²) in [4.78, 5) is 2.33. The summed E-state index contributed by atoms with van der Waals surface area (Å²) in [5.74, 6) is 1.23. The minimum Gasteiger partial charge on any atom is -0.308 e. The molecule has 2 aliphatic rings. The SMILES string of the molecule is CCC(C)C1CNC(C)(C2CC2)CN1CCCC(F)(F)F. The van der Waals surface area contributed by atoms with Gasteiger partial charge in [0.1, 0.15) is 0 Å². The van der Waals surface area contributed by atoms with Gasteiger partial charge >= 0.3 is 6.18 Å². The van der Waals surface area contributed by atoms with E-state index in [0.29, 0.717) is 24.4 Å². The van der Waals surface area contributed by atoms with E-state index < -0.39 is 12.6 Å². The van der Waals surface area contributed by atoms with E-state index in [0.717, 1.165) is 19.5 Å². The van der Waals surface area contributed by atoms with Crippen molar-refractivity contribution in [2.24, 2.45) is 11.8 Å². The largest absolute Gasteiger partial charge is 0.389 e. The summed E-state index contributed by atoms with van der Waals surface area (Å²) in [6, 6.07) is 0.370. The molecule has 1 N–H and O–H groups in total. The summed E-state index contributed by atoms with van der Waals surface area (Å²) in [7, 11) is 0. The predicted molar refractivity (Wildman–Crippen MR) is 79.2 cm³/mol. The van der Waals surface area contributed by atoms with E-state index in [1.807, 2.05) is 0 Å². The van der Waals surface area contributed by atoms with E-state index in [1.54, 1.807) is 0 Å². The molecule has 0 radical (unpaired) electrons. The van der Waals surface area contributed by atoms with Crippen LogP contribution in [0, 0.1) is 11.8 Å². The van der Waals surface area contributed by atoms with Gasteiger partial charge in [0.25, 0.3) is 0 Å². The molecule has 1 aliphatic carbocycles. The number of hydrogen-bond donors (Lipinski definition) is 1. The minimum atomic E-state index is -4.03. The Bertz CT molecular complexity index is 341. The molecule has 0 aromatic rings. The van der Waals surface area contributed by atoms with Crippen LogP contribution in [0.25, 0.3) is 0 Å². The molecule has 0 amide bonds. The van der Waals surface area contributed by atoms with Crippen molar-refractivity contribution in [1.82, 2.24) is 10.2 Å². The molecule has 1 saturated carbocycles. The number of nitrogens with one attached hydrogen (secondary N) is 1. The second kappa shape index (κ2) is 6.45. The number of nitrogens with zero attached hydrogens (tertiary/aromatic N) is 1. The number of rotatable bonds is 6. The monoisotopic (exact) mass is 306 g/mol. The van der Waals surface area contributed by atoms with Crippen molar-refractivity contribution in [1.29, 1.82) is 0 Å². The van der Waals surface area contributed by atoms with E-state index in [4.69, 9.17) is 0 Å². The highest BCUT2D eigenvalue weighted by molar-refractivity contribution is 5.04. The molecule has 2 fully saturated rings. The van der Waals surface area contributed by atoms with Crippen LogP contribution in [-0.4, -0.2) is 42.3 Å². The fourth-order valence-electron chi connectivity index (χ4n) is 3.62. The summed E-state index contributed by atoms with van der Waals surface area (Å²) >= 11 is 0. The Hall–Kier alpha value is -0.290. The van der Waals surface area contributed by atoms with Gasteiger partial charge in [-0.25, -0.2) is 0 Å². The van der Waals surface area contributed by atoms with Gasteiger partial charge in [-0.05, 0) is 44.6 Å². The molecule has 21 heavy (non-hydrogen) atoms. The molecule has 1 heterocycles. The minimum absolute atomic E-state index is 0.0994. The Morgan fingerprint density at radius 2 is 2.00 bits per heavy atom. The van der Waals surface area contributed by atoms with Crippen LogP contribution in [0.1, 0.15) is 52.9 Å². The van der Waals surface area contributed by atoms with Crippen molar-refractivity contribution in [2.45, 2.75) is 70.6 Å². The van der Waals surface area contributed by atoms with Gasteiger partial charge in [0.15, 0.2) is 0 Å². The zero-order valence-electron chi connectivity index (χ0n) is 13.5. The van der Waals surface area contributed by atoms with E-state index in [1.165, 1.54) is 12.8 Å². The van der Waals surface area contributed by atoms with Crippen molar-refractivity contribution in [3.8, 4) is 0 Å².